The van der Waals surface area contributed by atoms with Crippen LogP contribution in [0.3, 0.4) is 0 Å². The van der Waals surface area contributed by atoms with Gasteiger partial charge in [0.1, 0.15) is 0 Å². The molecule has 0 spiro atoms. The van der Waals surface area contributed by atoms with E-state index in [1.165, 1.54) is 44.9 Å². The second-order valence-corrected chi connectivity index (χ2v) is 6.71. The zero-order valence-corrected chi connectivity index (χ0v) is 12.7. The first-order chi connectivity index (χ1) is 7.41. The van der Waals surface area contributed by atoms with Crippen molar-refractivity contribution in [3.63, 3.8) is 0 Å². The van der Waals surface area contributed by atoms with Crippen LogP contribution in [0.5, 0.6) is 0 Å². The van der Waals surface area contributed by atoms with Gasteiger partial charge < -0.3 is 0 Å². The molecule has 0 amide bonds. The van der Waals surface area contributed by atoms with Gasteiger partial charge in [-0.2, -0.15) is 0 Å². The van der Waals surface area contributed by atoms with Crippen molar-refractivity contribution in [3.05, 3.63) is 0 Å². The van der Waals surface area contributed by atoms with Gasteiger partial charge in [0.2, 0.25) is 0 Å². The zero-order valence-electron chi connectivity index (χ0n) is 12.0. The molecule has 0 aliphatic rings. The van der Waals surface area contributed by atoms with E-state index >= 15 is 0 Å². The van der Waals surface area contributed by atoms with E-state index in [1.807, 2.05) is 0 Å². The van der Waals surface area contributed by atoms with Crippen LogP contribution in [-0.2, 0) is 0 Å². The first kappa shape index (κ1) is 16.3. The van der Waals surface area contributed by atoms with Gasteiger partial charge in [-0.15, -0.1) is 11.6 Å². The van der Waals surface area contributed by atoms with E-state index in [9.17, 15) is 0 Å². The fourth-order valence-electron chi connectivity index (χ4n) is 2.06. The number of hydrogen-bond donors (Lipinski definition) is 0. The molecule has 0 aliphatic heterocycles. The van der Waals surface area contributed by atoms with Crippen LogP contribution in [0.1, 0.15) is 79.6 Å². The Morgan fingerprint density at radius 2 is 1.50 bits per heavy atom. The first-order valence-corrected chi connectivity index (χ1v) is 7.49. The monoisotopic (exact) mass is 246 g/mol. The van der Waals surface area contributed by atoms with Crippen LogP contribution in [0.2, 0.25) is 0 Å². The summed E-state index contributed by atoms with van der Waals surface area (Å²) in [6, 6.07) is 0. The summed E-state index contributed by atoms with van der Waals surface area (Å²) in [5, 5.41) is 0.330. The van der Waals surface area contributed by atoms with Gasteiger partial charge in [-0.3, -0.25) is 0 Å². The Morgan fingerprint density at radius 3 is 1.94 bits per heavy atom. The third-order valence-electron chi connectivity index (χ3n) is 3.55. The van der Waals surface area contributed by atoms with Gasteiger partial charge in [-0.25, -0.2) is 0 Å². The fraction of sp³-hybridized carbons (Fsp3) is 1.00. The van der Waals surface area contributed by atoms with Gasteiger partial charge >= 0.3 is 0 Å². The Balaban J connectivity index is 3.69. The normalized spacial score (nSPS) is 16.1. The molecule has 0 heterocycles. The van der Waals surface area contributed by atoms with Crippen molar-refractivity contribution in [2.24, 2.45) is 11.3 Å². The van der Waals surface area contributed by atoms with E-state index in [1.54, 1.807) is 0 Å². The van der Waals surface area contributed by atoms with Gasteiger partial charge in [-0.05, 0) is 17.8 Å². The molecule has 0 N–H and O–H groups in total. The predicted octanol–water partition coefficient (Wildman–Crippen LogP) is 6.03. The SMILES string of the molecule is CCCCC(CC)CCCC(Cl)C(C)(C)C. The van der Waals surface area contributed by atoms with E-state index in [-0.39, 0.29) is 5.41 Å². The minimum absolute atomic E-state index is 0.257. The van der Waals surface area contributed by atoms with Crippen molar-refractivity contribution in [1.29, 1.82) is 0 Å². The number of halogens is 1. The number of hydrogen-bond acceptors (Lipinski definition) is 0. The average molecular weight is 247 g/mol. The molecule has 0 nitrogen and oxygen atoms in total. The number of rotatable bonds is 8. The maximum Gasteiger partial charge on any atom is 0.0384 e. The molecule has 16 heavy (non-hydrogen) atoms. The minimum Gasteiger partial charge on any atom is -0.122 e. The number of unbranched alkanes of at least 4 members (excludes halogenated alkanes) is 1. The predicted molar refractivity (Wildman–Crippen MR) is 76.3 cm³/mol. The molecule has 1 heteroatoms. The third-order valence-corrected chi connectivity index (χ3v) is 4.43. The molecule has 0 aromatic heterocycles. The maximum atomic E-state index is 6.39. The lowest BCUT2D eigenvalue weighted by Crippen LogP contribution is -2.20. The Labute approximate surface area is 108 Å². The van der Waals surface area contributed by atoms with Crippen molar-refractivity contribution < 1.29 is 0 Å². The largest absolute Gasteiger partial charge is 0.122 e. The van der Waals surface area contributed by atoms with Gasteiger partial charge in [0.05, 0.1) is 0 Å². The first-order valence-electron chi connectivity index (χ1n) is 7.05. The molecule has 0 aromatic rings. The molecule has 0 aliphatic carbocycles. The molecule has 0 radical (unpaired) electrons. The van der Waals surface area contributed by atoms with Crippen molar-refractivity contribution in [3.8, 4) is 0 Å². The third kappa shape index (κ3) is 7.54. The molecule has 0 fully saturated rings. The summed E-state index contributed by atoms with van der Waals surface area (Å²) >= 11 is 6.39. The summed E-state index contributed by atoms with van der Waals surface area (Å²) in [6.45, 7) is 11.3. The lowest BCUT2D eigenvalue weighted by atomic mass is 9.87. The topological polar surface area (TPSA) is 0 Å². The smallest absolute Gasteiger partial charge is 0.0384 e. The molecule has 2 atom stereocenters. The highest BCUT2D eigenvalue weighted by atomic mass is 35.5. The summed E-state index contributed by atoms with van der Waals surface area (Å²) in [6.07, 6.45) is 9.31. The molecule has 0 rings (SSSR count). The van der Waals surface area contributed by atoms with Gasteiger partial charge in [0.15, 0.2) is 0 Å². The van der Waals surface area contributed by atoms with Crippen LogP contribution in [0.15, 0.2) is 0 Å². The standard InChI is InChI=1S/C15H31Cl/c1-6-8-10-13(7-2)11-9-12-14(16)15(3,4)5/h13-14H,6-12H2,1-5H3. The van der Waals surface area contributed by atoms with E-state index in [0.29, 0.717) is 5.38 Å². The lowest BCUT2D eigenvalue weighted by molar-refractivity contribution is 0.344. The van der Waals surface area contributed by atoms with Crippen LogP contribution in [0.4, 0.5) is 0 Å². The molecule has 98 valence electrons. The Kier molecular flexibility index (Phi) is 8.54. The van der Waals surface area contributed by atoms with Gasteiger partial charge in [0.25, 0.3) is 0 Å². The molecule has 0 bridgehead atoms. The highest BCUT2D eigenvalue weighted by molar-refractivity contribution is 6.21. The lowest BCUT2D eigenvalue weighted by Gasteiger charge is -2.25. The van der Waals surface area contributed by atoms with Gasteiger partial charge in [0, 0.05) is 5.38 Å². The quantitative estimate of drug-likeness (QED) is 0.459. The summed E-state index contributed by atoms with van der Waals surface area (Å²) < 4.78 is 0. The molecule has 0 saturated carbocycles. The van der Waals surface area contributed by atoms with Gasteiger partial charge in [-0.1, -0.05) is 73.1 Å². The van der Waals surface area contributed by atoms with E-state index in [4.69, 9.17) is 11.6 Å². The summed E-state index contributed by atoms with van der Waals surface area (Å²) in [5.41, 5.74) is 0.257. The Morgan fingerprint density at radius 1 is 0.938 bits per heavy atom. The van der Waals surface area contributed by atoms with Crippen molar-refractivity contribution in [2.45, 2.75) is 84.9 Å². The molecule has 2 unspecified atom stereocenters. The molecule has 0 saturated heterocycles. The van der Waals surface area contributed by atoms with E-state index in [0.717, 1.165) is 5.92 Å². The van der Waals surface area contributed by atoms with Crippen molar-refractivity contribution in [2.75, 3.05) is 0 Å². The Bertz CT molecular complexity index is 157. The highest BCUT2D eigenvalue weighted by Crippen LogP contribution is 2.29. The van der Waals surface area contributed by atoms with E-state index in [2.05, 4.69) is 34.6 Å². The van der Waals surface area contributed by atoms with E-state index < -0.39 is 0 Å². The summed E-state index contributed by atoms with van der Waals surface area (Å²) in [5.74, 6) is 0.934. The zero-order chi connectivity index (χ0) is 12.6. The van der Waals surface area contributed by atoms with Crippen LogP contribution in [-0.4, -0.2) is 5.38 Å². The van der Waals surface area contributed by atoms with Crippen LogP contribution < -0.4 is 0 Å². The second-order valence-electron chi connectivity index (χ2n) is 6.18. The van der Waals surface area contributed by atoms with Crippen LogP contribution in [0, 0.1) is 11.3 Å². The minimum atomic E-state index is 0.257. The molecular formula is C15H31Cl. The molecule has 0 aromatic carbocycles. The average Bonchev–Trinajstić information content (AvgIpc) is 2.21. The van der Waals surface area contributed by atoms with Crippen LogP contribution >= 0.6 is 11.6 Å². The highest BCUT2D eigenvalue weighted by Gasteiger charge is 2.21. The molecular weight excluding hydrogens is 216 g/mol. The second kappa shape index (κ2) is 8.39. The number of alkyl halides is 1. The van der Waals surface area contributed by atoms with Crippen LogP contribution in [0.25, 0.3) is 0 Å². The van der Waals surface area contributed by atoms with Crippen molar-refractivity contribution >= 4 is 11.6 Å². The summed E-state index contributed by atoms with van der Waals surface area (Å²) in [4.78, 5) is 0. The summed E-state index contributed by atoms with van der Waals surface area (Å²) in [7, 11) is 0. The van der Waals surface area contributed by atoms with Crippen molar-refractivity contribution in [1.82, 2.24) is 0 Å². The fourth-order valence-corrected chi connectivity index (χ4v) is 2.22. The maximum absolute atomic E-state index is 6.39. The Hall–Kier alpha value is 0.290.